The zero-order valence-electron chi connectivity index (χ0n) is 14.7. The Bertz CT molecular complexity index is 800. The summed E-state index contributed by atoms with van der Waals surface area (Å²) in [5.74, 6) is 2.13. The first-order valence-corrected chi connectivity index (χ1v) is 9.60. The van der Waals surface area contributed by atoms with Crippen molar-refractivity contribution in [1.82, 2.24) is 15.2 Å². The molecule has 3 saturated heterocycles. The first kappa shape index (κ1) is 15.4. The van der Waals surface area contributed by atoms with Gasteiger partial charge in [0.15, 0.2) is 11.5 Å². The van der Waals surface area contributed by atoms with Gasteiger partial charge in [0.05, 0.1) is 6.42 Å². The van der Waals surface area contributed by atoms with Crippen LogP contribution in [0.15, 0.2) is 22.6 Å². The van der Waals surface area contributed by atoms with Gasteiger partial charge in [-0.05, 0) is 69.3 Å². The van der Waals surface area contributed by atoms with E-state index in [1.165, 1.54) is 38.8 Å². The number of carbonyl (C=O) groups is 1. The fourth-order valence-corrected chi connectivity index (χ4v) is 4.57. The van der Waals surface area contributed by atoms with E-state index in [1.54, 1.807) is 0 Å². The Kier molecular flexibility index (Phi) is 3.59. The van der Waals surface area contributed by atoms with Gasteiger partial charge in [0, 0.05) is 18.0 Å². The third-order valence-corrected chi connectivity index (χ3v) is 6.27. The van der Waals surface area contributed by atoms with Crippen LogP contribution in [0.25, 0.3) is 11.1 Å². The third kappa shape index (κ3) is 2.84. The second-order valence-electron chi connectivity index (χ2n) is 8.01. The Balaban J connectivity index is 1.28. The Hall–Kier alpha value is -1.88. The van der Waals surface area contributed by atoms with Gasteiger partial charge in [0.2, 0.25) is 5.91 Å². The molecular formula is C20H25N3O2. The Labute approximate surface area is 147 Å². The van der Waals surface area contributed by atoms with Gasteiger partial charge in [0.1, 0.15) is 5.52 Å². The average molecular weight is 339 g/mol. The fourth-order valence-electron chi connectivity index (χ4n) is 4.57. The van der Waals surface area contributed by atoms with E-state index in [-0.39, 0.29) is 5.91 Å². The molecule has 1 amide bonds. The largest absolute Gasteiger partial charge is 0.440 e. The van der Waals surface area contributed by atoms with Crippen LogP contribution < -0.4 is 5.32 Å². The molecule has 2 bridgehead atoms. The van der Waals surface area contributed by atoms with Crippen LogP contribution in [0.2, 0.25) is 0 Å². The van der Waals surface area contributed by atoms with E-state index in [0.29, 0.717) is 30.3 Å². The monoisotopic (exact) mass is 339 g/mol. The maximum absolute atomic E-state index is 12.6. The number of nitrogens with zero attached hydrogens (tertiary/aromatic N) is 2. The summed E-state index contributed by atoms with van der Waals surface area (Å²) in [5, 5.41) is 3.31. The number of piperidine rings is 3. The van der Waals surface area contributed by atoms with E-state index >= 15 is 0 Å². The van der Waals surface area contributed by atoms with Crippen molar-refractivity contribution in [3.63, 3.8) is 0 Å². The minimum atomic E-state index is 0.121. The van der Waals surface area contributed by atoms with Gasteiger partial charge in [-0.1, -0.05) is 6.07 Å². The van der Waals surface area contributed by atoms with Crippen LogP contribution in [0, 0.1) is 5.92 Å². The number of oxazole rings is 1. The SMILES string of the molecule is C[C@@H]1[C@H](NC(=O)Cc2ccc3oc(C4CC4)nc3c2)C2CCN1CC2. The van der Waals surface area contributed by atoms with Crippen molar-refractivity contribution in [2.45, 2.75) is 57.0 Å². The number of benzene rings is 1. The van der Waals surface area contributed by atoms with Crippen molar-refractivity contribution in [2.24, 2.45) is 5.92 Å². The molecule has 0 spiro atoms. The lowest BCUT2D eigenvalue weighted by atomic mass is 9.79. The Morgan fingerprint density at radius 3 is 2.80 bits per heavy atom. The van der Waals surface area contributed by atoms with Crippen LogP contribution in [0.1, 0.15) is 50.0 Å². The van der Waals surface area contributed by atoms with E-state index in [1.807, 2.05) is 18.2 Å². The second-order valence-corrected chi connectivity index (χ2v) is 8.01. The highest BCUT2D eigenvalue weighted by Gasteiger charge is 2.40. The van der Waals surface area contributed by atoms with Crippen molar-refractivity contribution in [3.05, 3.63) is 29.7 Å². The number of fused-ring (bicyclic) bond motifs is 4. The number of carbonyl (C=O) groups excluding carboxylic acids is 1. The molecule has 132 valence electrons. The maximum Gasteiger partial charge on any atom is 0.224 e. The van der Waals surface area contributed by atoms with Gasteiger partial charge in [-0.25, -0.2) is 4.98 Å². The summed E-state index contributed by atoms with van der Waals surface area (Å²) in [6.07, 6.45) is 5.20. The molecule has 3 aliphatic heterocycles. The van der Waals surface area contributed by atoms with Crippen LogP contribution in [0.4, 0.5) is 0 Å². The smallest absolute Gasteiger partial charge is 0.224 e. The molecule has 1 N–H and O–H groups in total. The summed E-state index contributed by atoms with van der Waals surface area (Å²) in [5.41, 5.74) is 2.72. The molecular weight excluding hydrogens is 314 g/mol. The zero-order valence-corrected chi connectivity index (χ0v) is 14.7. The summed E-state index contributed by atoms with van der Waals surface area (Å²) in [4.78, 5) is 19.7. The Morgan fingerprint density at radius 2 is 2.08 bits per heavy atom. The van der Waals surface area contributed by atoms with Gasteiger partial charge in [0.25, 0.3) is 0 Å². The molecule has 5 heteroatoms. The number of amides is 1. The minimum Gasteiger partial charge on any atom is -0.440 e. The van der Waals surface area contributed by atoms with Crippen LogP contribution in [-0.2, 0) is 11.2 Å². The number of aromatic nitrogens is 1. The lowest BCUT2D eigenvalue weighted by Crippen LogP contribution is -2.62. The highest BCUT2D eigenvalue weighted by molar-refractivity contribution is 5.81. The van der Waals surface area contributed by atoms with Crippen LogP contribution in [0.3, 0.4) is 0 Å². The molecule has 4 fully saturated rings. The average Bonchev–Trinajstić information content (AvgIpc) is 3.38. The lowest BCUT2D eigenvalue weighted by Gasteiger charge is -2.50. The molecule has 25 heavy (non-hydrogen) atoms. The van der Waals surface area contributed by atoms with Gasteiger partial charge < -0.3 is 9.73 Å². The molecule has 1 aliphatic carbocycles. The Morgan fingerprint density at radius 1 is 1.28 bits per heavy atom. The van der Waals surface area contributed by atoms with E-state index in [2.05, 4.69) is 22.1 Å². The number of hydrogen-bond acceptors (Lipinski definition) is 4. The molecule has 0 unspecified atom stereocenters. The quantitative estimate of drug-likeness (QED) is 0.930. The predicted molar refractivity (Wildman–Crippen MR) is 95.4 cm³/mol. The van der Waals surface area contributed by atoms with Gasteiger partial charge in [-0.15, -0.1) is 0 Å². The molecule has 1 saturated carbocycles. The molecule has 1 aromatic heterocycles. The van der Waals surface area contributed by atoms with E-state index < -0.39 is 0 Å². The normalized spacial score (nSPS) is 31.4. The lowest BCUT2D eigenvalue weighted by molar-refractivity contribution is -0.123. The van der Waals surface area contributed by atoms with Crippen LogP contribution >= 0.6 is 0 Å². The second kappa shape index (κ2) is 5.84. The molecule has 2 atom stereocenters. The summed E-state index contributed by atoms with van der Waals surface area (Å²) >= 11 is 0. The van der Waals surface area contributed by atoms with Gasteiger partial charge in [-0.3, -0.25) is 9.69 Å². The standard InChI is InChI=1S/C20H25N3O2/c1-12-19(14-6-8-23(12)9-7-14)22-18(24)11-13-2-5-17-16(10-13)21-20(25-17)15-3-4-15/h2,5,10,12,14-15,19H,3-4,6-9,11H2,1H3,(H,22,24)/t12-,19+/m1/s1. The van der Waals surface area contributed by atoms with Crippen LogP contribution in [-0.4, -0.2) is 41.0 Å². The third-order valence-electron chi connectivity index (χ3n) is 6.27. The summed E-state index contributed by atoms with van der Waals surface area (Å²) in [6.45, 7) is 4.62. The molecule has 0 radical (unpaired) electrons. The molecule has 1 aromatic carbocycles. The maximum atomic E-state index is 12.6. The molecule has 2 aromatic rings. The first-order valence-electron chi connectivity index (χ1n) is 9.60. The number of rotatable bonds is 4. The van der Waals surface area contributed by atoms with E-state index in [9.17, 15) is 4.79 Å². The summed E-state index contributed by atoms with van der Waals surface area (Å²) < 4.78 is 5.80. The van der Waals surface area contributed by atoms with E-state index in [4.69, 9.17) is 4.42 Å². The highest BCUT2D eigenvalue weighted by atomic mass is 16.3. The van der Waals surface area contributed by atoms with Crippen molar-refractivity contribution in [2.75, 3.05) is 13.1 Å². The molecule has 4 aliphatic rings. The number of nitrogens with one attached hydrogen (secondary N) is 1. The van der Waals surface area contributed by atoms with Crippen molar-refractivity contribution >= 4 is 17.0 Å². The highest BCUT2D eigenvalue weighted by Crippen LogP contribution is 2.40. The topological polar surface area (TPSA) is 58.4 Å². The molecule has 4 heterocycles. The zero-order chi connectivity index (χ0) is 17.0. The van der Waals surface area contributed by atoms with Gasteiger partial charge >= 0.3 is 0 Å². The number of hydrogen-bond donors (Lipinski definition) is 1. The van der Waals surface area contributed by atoms with Crippen molar-refractivity contribution in [1.29, 1.82) is 0 Å². The summed E-state index contributed by atoms with van der Waals surface area (Å²) in [7, 11) is 0. The minimum absolute atomic E-state index is 0.121. The molecule has 5 nitrogen and oxygen atoms in total. The molecule has 6 rings (SSSR count). The van der Waals surface area contributed by atoms with Crippen molar-refractivity contribution in [3.8, 4) is 0 Å². The summed E-state index contributed by atoms with van der Waals surface area (Å²) in [6, 6.07) is 6.70. The van der Waals surface area contributed by atoms with Crippen LogP contribution in [0.5, 0.6) is 0 Å². The van der Waals surface area contributed by atoms with Gasteiger partial charge in [-0.2, -0.15) is 0 Å². The van der Waals surface area contributed by atoms with Crippen molar-refractivity contribution < 1.29 is 9.21 Å². The predicted octanol–water partition coefficient (Wildman–Crippen LogP) is 2.85. The fraction of sp³-hybridized carbons (Fsp3) is 0.600. The van der Waals surface area contributed by atoms with E-state index in [0.717, 1.165) is 22.6 Å². The first-order chi connectivity index (χ1) is 12.2.